The van der Waals surface area contributed by atoms with Gasteiger partial charge in [0.25, 0.3) is 0 Å². The van der Waals surface area contributed by atoms with Crippen LogP contribution in [0.4, 0.5) is 35.4 Å². The SMILES string of the molecule is CN(C(=O)Oc1c(F)ccc(F)c1Cl)c1ccnc(Nc2ccc(OCCCN3CCCCC3)c(F)c2)n1. The summed E-state index contributed by atoms with van der Waals surface area (Å²) in [5.41, 5.74) is 0.360. The smallest absolute Gasteiger partial charge is 0.420 e. The van der Waals surface area contributed by atoms with Crippen LogP contribution >= 0.6 is 11.6 Å². The molecule has 1 saturated heterocycles. The van der Waals surface area contributed by atoms with Crippen LogP contribution in [0.3, 0.4) is 0 Å². The normalized spacial score (nSPS) is 13.7. The lowest BCUT2D eigenvalue weighted by atomic mass is 10.1. The van der Waals surface area contributed by atoms with Crippen molar-refractivity contribution in [2.24, 2.45) is 0 Å². The maximum Gasteiger partial charge on any atom is 0.420 e. The summed E-state index contributed by atoms with van der Waals surface area (Å²) in [7, 11) is 1.32. The van der Waals surface area contributed by atoms with E-state index in [1.54, 1.807) is 6.07 Å². The Balaban J connectivity index is 1.34. The molecule has 0 bridgehead atoms. The van der Waals surface area contributed by atoms with Crippen molar-refractivity contribution in [2.45, 2.75) is 25.7 Å². The van der Waals surface area contributed by atoms with Gasteiger partial charge in [-0.3, -0.25) is 4.90 Å². The second-order valence-electron chi connectivity index (χ2n) is 8.71. The first kappa shape index (κ1) is 27.5. The minimum atomic E-state index is -1.06. The van der Waals surface area contributed by atoms with Gasteiger partial charge >= 0.3 is 6.09 Å². The quantitative estimate of drug-likeness (QED) is 0.252. The Bertz CT molecular complexity index is 1280. The number of carbonyl (C=O) groups excluding carboxylic acids is 1. The van der Waals surface area contributed by atoms with E-state index in [2.05, 4.69) is 20.2 Å². The molecule has 0 saturated carbocycles. The molecule has 1 fully saturated rings. The van der Waals surface area contributed by atoms with Crippen molar-refractivity contribution in [2.75, 3.05) is 43.5 Å². The second-order valence-corrected chi connectivity index (χ2v) is 9.09. The molecule has 4 rings (SSSR count). The van der Waals surface area contributed by atoms with E-state index in [4.69, 9.17) is 21.1 Å². The van der Waals surface area contributed by atoms with Gasteiger partial charge in [0.05, 0.1) is 6.61 Å². The highest BCUT2D eigenvalue weighted by Crippen LogP contribution is 2.31. The minimum absolute atomic E-state index is 0.0618. The summed E-state index contributed by atoms with van der Waals surface area (Å²) in [5, 5.41) is 2.20. The van der Waals surface area contributed by atoms with E-state index in [1.807, 2.05) is 0 Å². The third-order valence-electron chi connectivity index (χ3n) is 5.96. The zero-order chi connectivity index (χ0) is 27.1. The number of aromatic nitrogens is 2. The standard InChI is InChI=1S/C26H27ClF3N5O3/c1-34(26(36)38-24-19(29)8-7-18(28)23(24)27)22-10-11-31-25(33-22)32-17-6-9-21(20(30)16-17)37-15-5-14-35-12-3-2-4-13-35/h6-11,16H,2-5,12-15H2,1H3,(H,31,32,33). The Morgan fingerprint density at radius 2 is 1.84 bits per heavy atom. The molecular formula is C26H27ClF3N5O3. The molecule has 0 unspecified atom stereocenters. The molecule has 1 N–H and O–H groups in total. The predicted molar refractivity (Wildman–Crippen MR) is 138 cm³/mol. The molecule has 1 aromatic heterocycles. The summed E-state index contributed by atoms with van der Waals surface area (Å²) in [4.78, 5) is 24.1. The van der Waals surface area contributed by atoms with Crippen molar-refractivity contribution in [3.63, 3.8) is 0 Å². The summed E-state index contributed by atoms with van der Waals surface area (Å²) >= 11 is 5.71. The van der Waals surface area contributed by atoms with Gasteiger partial charge in [0.1, 0.15) is 16.7 Å². The third-order valence-corrected chi connectivity index (χ3v) is 6.31. The Hall–Kier alpha value is -3.57. The van der Waals surface area contributed by atoms with Crippen LogP contribution in [0.5, 0.6) is 11.5 Å². The lowest BCUT2D eigenvalue weighted by Gasteiger charge is -2.26. The van der Waals surface area contributed by atoms with Crippen LogP contribution in [0.25, 0.3) is 0 Å². The highest BCUT2D eigenvalue weighted by molar-refractivity contribution is 6.32. The summed E-state index contributed by atoms with van der Waals surface area (Å²) in [6.45, 7) is 3.56. The highest BCUT2D eigenvalue weighted by Gasteiger charge is 2.21. The van der Waals surface area contributed by atoms with Crippen molar-refractivity contribution in [1.29, 1.82) is 0 Å². The number of anilines is 3. The van der Waals surface area contributed by atoms with Crippen molar-refractivity contribution in [3.05, 3.63) is 65.1 Å². The molecule has 202 valence electrons. The molecule has 2 aromatic carbocycles. The van der Waals surface area contributed by atoms with Crippen LogP contribution in [-0.2, 0) is 0 Å². The molecule has 0 spiro atoms. The van der Waals surface area contributed by atoms with Crippen molar-refractivity contribution < 1.29 is 27.4 Å². The summed E-state index contributed by atoms with van der Waals surface area (Å²) in [5.74, 6) is -2.93. The van der Waals surface area contributed by atoms with E-state index in [9.17, 15) is 18.0 Å². The molecule has 1 aliphatic rings. The lowest BCUT2D eigenvalue weighted by molar-refractivity contribution is 0.203. The zero-order valence-electron chi connectivity index (χ0n) is 20.7. The predicted octanol–water partition coefficient (Wildman–Crippen LogP) is 6.18. The number of nitrogens with zero attached hydrogens (tertiary/aromatic N) is 4. The number of carbonyl (C=O) groups is 1. The topological polar surface area (TPSA) is 79.8 Å². The van der Waals surface area contributed by atoms with E-state index >= 15 is 0 Å². The van der Waals surface area contributed by atoms with Crippen molar-refractivity contribution >= 4 is 35.1 Å². The van der Waals surface area contributed by atoms with Crippen LogP contribution in [0, 0.1) is 17.5 Å². The number of likely N-dealkylation sites (tertiary alicyclic amines) is 1. The molecule has 38 heavy (non-hydrogen) atoms. The number of benzene rings is 2. The Kier molecular flexibility index (Phi) is 9.24. The fourth-order valence-electron chi connectivity index (χ4n) is 3.93. The van der Waals surface area contributed by atoms with Gasteiger partial charge in [-0.2, -0.15) is 4.98 Å². The second kappa shape index (κ2) is 12.8. The number of piperidine rings is 1. The number of halogens is 4. The average Bonchev–Trinajstić information content (AvgIpc) is 2.92. The number of hydrogen-bond acceptors (Lipinski definition) is 7. The Labute approximate surface area is 223 Å². The molecule has 0 aliphatic carbocycles. The molecule has 2 heterocycles. The van der Waals surface area contributed by atoms with Crippen LogP contribution in [0.1, 0.15) is 25.7 Å². The van der Waals surface area contributed by atoms with E-state index in [-0.39, 0.29) is 17.5 Å². The van der Waals surface area contributed by atoms with E-state index in [0.29, 0.717) is 12.3 Å². The molecule has 12 heteroatoms. The number of rotatable bonds is 9. The van der Waals surface area contributed by atoms with Gasteiger partial charge in [-0.05, 0) is 62.7 Å². The molecule has 8 nitrogen and oxygen atoms in total. The van der Waals surface area contributed by atoms with Gasteiger partial charge in [-0.1, -0.05) is 18.0 Å². The highest BCUT2D eigenvalue weighted by atomic mass is 35.5. The number of nitrogens with one attached hydrogen (secondary N) is 1. The molecule has 1 amide bonds. The van der Waals surface area contributed by atoms with Crippen LogP contribution < -0.4 is 19.7 Å². The lowest BCUT2D eigenvalue weighted by Crippen LogP contribution is -2.31. The molecule has 0 atom stereocenters. The van der Waals surface area contributed by atoms with Gasteiger partial charge in [-0.25, -0.2) is 22.9 Å². The number of ether oxygens (including phenoxy) is 2. The largest absolute Gasteiger partial charge is 0.490 e. The Morgan fingerprint density at radius 1 is 1.08 bits per heavy atom. The first-order chi connectivity index (χ1) is 18.3. The van der Waals surface area contributed by atoms with Gasteiger partial charge in [0.15, 0.2) is 23.1 Å². The minimum Gasteiger partial charge on any atom is -0.490 e. The molecule has 3 aromatic rings. The maximum absolute atomic E-state index is 14.6. The van der Waals surface area contributed by atoms with Gasteiger partial charge in [0.2, 0.25) is 5.95 Å². The first-order valence-electron chi connectivity index (χ1n) is 12.2. The van der Waals surface area contributed by atoms with Crippen LogP contribution in [0.2, 0.25) is 5.02 Å². The monoisotopic (exact) mass is 549 g/mol. The van der Waals surface area contributed by atoms with Gasteiger partial charge < -0.3 is 19.7 Å². The van der Waals surface area contributed by atoms with Crippen molar-refractivity contribution in [3.8, 4) is 11.5 Å². The summed E-state index contributed by atoms with van der Waals surface area (Å²) < 4.78 is 52.7. The van der Waals surface area contributed by atoms with Crippen LogP contribution in [0.15, 0.2) is 42.6 Å². The zero-order valence-corrected chi connectivity index (χ0v) is 21.5. The third kappa shape index (κ3) is 7.05. The van der Waals surface area contributed by atoms with Crippen LogP contribution in [-0.4, -0.2) is 54.2 Å². The van der Waals surface area contributed by atoms with E-state index in [0.717, 1.165) is 43.1 Å². The maximum atomic E-state index is 14.6. The van der Waals surface area contributed by atoms with Gasteiger partial charge in [0, 0.05) is 31.5 Å². The average molecular weight is 550 g/mol. The van der Waals surface area contributed by atoms with Crippen molar-refractivity contribution in [1.82, 2.24) is 14.9 Å². The molecular weight excluding hydrogens is 523 g/mol. The fraction of sp³-hybridized carbons (Fsp3) is 0.346. The molecule has 1 aliphatic heterocycles. The summed E-state index contributed by atoms with van der Waals surface area (Å²) in [6, 6.07) is 7.40. The van der Waals surface area contributed by atoms with E-state index < -0.39 is 34.3 Å². The number of hydrogen-bond donors (Lipinski definition) is 1. The fourth-order valence-corrected chi connectivity index (χ4v) is 4.12. The van der Waals surface area contributed by atoms with E-state index in [1.165, 1.54) is 50.7 Å². The van der Waals surface area contributed by atoms with Gasteiger partial charge in [-0.15, -0.1) is 0 Å². The Morgan fingerprint density at radius 3 is 2.61 bits per heavy atom. The summed E-state index contributed by atoms with van der Waals surface area (Å²) in [6.07, 6.45) is 4.84. The number of amides is 1. The first-order valence-corrected chi connectivity index (χ1v) is 12.5. The molecule has 0 radical (unpaired) electrons.